The van der Waals surface area contributed by atoms with Crippen LogP contribution in [0.4, 0.5) is 5.82 Å². The zero-order valence-electron chi connectivity index (χ0n) is 14.0. The molecule has 3 rings (SSSR count). The highest BCUT2D eigenvalue weighted by Crippen LogP contribution is 2.29. The summed E-state index contributed by atoms with van der Waals surface area (Å²) in [5.74, 6) is -0.0898. The van der Waals surface area contributed by atoms with Gasteiger partial charge in [0.25, 0.3) is 5.56 Å². The highest BCUT2D eigenvalue weighted by Gasteiger charge is 2.12. The Morgan fingerprint density at radius 1 is 1.15 bits per heavy atom. The monoisotopic (exact) mass is 389 g/mol. The number of thioether (sulfide) groups is 1. The number of nitrogens with one attached hydrogen (secondary N) is 1. The summed E-state index contributed by atoms with van der Waals surface area (Å²) in [5, 5.41) is 11.5. The number of rotatable bonds is 5. The minimum atomic E-state index is -0.503. The van der Waals surface area contributed by atoms with Crippen molar-refractivity contribution in [2.45, 2.75) is 4.34 Å². The van der Waals surface area contributed by atoms with Gasteiger partial charge in [-0.2, -0.15) is 0 Å². The number of carbonyl (C=O) groups excluding carboxylic acids is 1. The van der Waals surface area contributed by atoms with Crippen molar-refractivity contribution in [2.24, 2.45) is 14.1 Å². The van der Waals surface area contributed by atoms with E-state index in [9.17, 15) is 14.4 Å². The second-order valence-electron chi connectivity index (χ2n) is 5.34. The minimum absolute atomic E-state index is 0.0901. The van der Waals surface area contributed by atoms with Crippen molar-refractivity contribution in [3.63, 3.8) is 0 Å². The Morgan fingerprint density at radius 3 is 2.62 bits per heavy atom. The summed E-state index contributed by atoms with van der Waals surface area (Å²) >= 11 is 2.64. The molecule has 1 N–H and O–H groups in total. The molecule has 134 valence electrons. The molecule has 0 aliphatic rings. The third-order valence-electron chi connectivity index (χ3n) is 3.55. The van der Waals surface area contributed by atoms with Crippen LogP contribution in [0.5, 0.6) is 0 Å². The molecule has 1 aromatic carbocycles. The molecule has 26 heavy (non-hydrogen) atoms. The van der Waals surface area contributed by atoms with Crippen LogP contribution in [0.25, 0.3) is 10.6 Å². The maximum Gasteiger partial charge on any atom is 0.332 e. The first-order chi connectivity index (χ1) is 12.5. The summed E-state index contributed by atoms with van der Waals surface area (Å²) in [7, 11) is 2.87. The van der Waals surface area contributed by atoms with Gasteiger partial charge in [-0.3, -0.25) is 18.7 Å². The number of amides is 1. The van der Waals surface area contributed by atoms with Crippen molar-refractivity contribution in [1.82, 2.24) is 19.3 Å². The maximum atomic E-state index is 12.1. The van der Waals surface area contributed by atoms with Gasteiger partial charge in [0.15, 0.2) is 4.34 Å². The van der Waals surface area contributed by atoms with Gasteiger partial charge >= 0.3 is 5.69 Å². The average molecular weight is 389 g/mol. The summed E-state index contributed by atoms with van der Waals surface area (Å²) < 4.78 is 2.84. The second kappa shape index (κ2) is 7.67. The van der Waals surface area contributed by atoms with Crippen LogP contribution in [0, 0.1) is 0 Å². The van der Waals surface area contributed by atoms with Crippen LogP contribution in [0.15, 0.2) is 50.3 Å². The molecule has 3 aromatic rings. The SMILES string of the molecule is Cn1c(NC(=O)CSc2nnc(-c3ccccc3)s2)cc(=O)n(C)c1=O. The van der Waals surface area contributed by atoms with Crippen LogP contribution in [-0.4, -0.2) is 31.0 Å². The third kappa shape index (κ3) is 3.92. The van der Waals surface area contributed by atoms with Crippen molar-refractivity contribution in [1.29, 1.82) is 0 Å². The Hall–Kier alpha value is -2.72. The lowest BCUT2D eigenvalue weighted by molar-refractivity contribution is -0.113. The van der Waals surface area contributed by atoms with Gasteiger partial charge in [0.1, 0.15) is 10.8 Å². The molecule has 8 nitrogen and oxygen atoms in total. The fourth-order valence-corrected chi connectivity index (χ4v) is 3.78. The average Bonchev–Trinajstić information content (AvgIpc) is 3.12. The highest BCUT2D eigenvalue weighted by atomic mass is 32.2. The van der Waals surface area contributed by atoms with Gasteiger partial charge in [0.05, 0.1) is 5.75 Å². The van der Waals surface area contributed by atoms with Gasteiger partial charge in [-0.1, -0.05) is 53.4 Å². The molecule has 2 heterocycles. The lowest BCUT2D eigenvalue weighted by Gasteiger charge is -2.10. The van der Waals surface area contributed by atoms with Gasteiger partial charge < -0.3 is 5.32 Å². The molecular formula is C16H15N5O3S2. The molecule has 10 heteroatoms. The van der Waals surface area contributed by atoms with Crippen molar-refractivity contribution >= 4 is 34.8 Å². The van der Waals surface area contributed by atoms with Crippen molar-refractivity contribution in [2.75, 3.05) is 11.1 Å². The summed E-state index contributed by atoms with van der Waals surface area (Å²) in [5.41, 5.74) is -0.0128. The van der Waals surface area contributed by atoms with E-state index in [1.54, 1.807) is 0 Å². The summed E-state index contributed by atoms with van der Waals surface area (Å²) in [6.07, 6.45) is 0. The number of nitrogens with zero attached hydrogens (tertiary/aromatic N) is 4. The lowest BCUT2D eigenvalue weighted by Crippen LogP contribution is -2.38. The fourth-order valence-electron chi connectivity index (χ4n) is 2.12. The van der Waals surface area contributed by atoms with Gasteiger partial charge in [0.2, 0.25) is 5.91 Å². The Morgan fingerprint density at radius 2 is 1.88 bits per heavy atom. The molecule has 0 fully saturated rings. The van der Waals surface area contributed by atoms with E-state index in [0.717, 1.165) is 15.1 Å². The molecule has 0 saturated carbocycles. The largest absolute Gasteiger partial charge is 0.332 e. The predicted molar refractivity (Wildman–Crippen MR) is 102 cm³/mol. The highest BCUT2D eigenvalue weighted by molar-refractivity contribution is 8.01. The smallest absolute Gasteiger partial charge is 0.311 e. The molecule has 2 aromatic heterocycles. The summed E-state index contributed by atoms with van der Waals surface area (Å²) in [4.78, 5) is 35.7. The molecule has 0 radical (unpaired) electrons. The molecule has 0 aliphatic heterocycles. The predicted octanol–water partition coefficient (Wildman–Crippen LogP) is 1.33. The molecule has 0 bridgehead atoms. The van der Waals surface area contributed by atoms with Crippen LogP contribution in [0.3, 0.4) is 0 Å². The van der Waals surface area contributed by atoms with Crippen LogP contribution in [0.2, 0.25) is 0 Å². The van der Waals surface area contributed by atoms with E-state index in [-0.39, 0.29) is 17.5 Å². The first-order valence-corrected chi connectivity index (χ1v) is 9.34. The number of hydrogen-bond acceptors (Lipinski definition) is 7. The zero-order chi connectivity index (χ0) is 18.7. The molecule has 1 amide bonds. The molecule has 0 spiro atoms. The molecular weight excluding hydrogens is 374 g/mol. The van der Waals surface area contributed by atoms with Crippen LogP contribution in [0.1, 0.15) is 0 Å². The molecule has 0 saturated heterocycles. The Labute approximate surface area is 156 Å². The van der Waals surface area contributed by atoms with Gasteiger partial charge in [-0.25, -0.2) is 4.79 Å². The maximum absolute atomic E-state index is 12.1. The van der Waals surface area contributed by atoms with E-state index in [0.29, 0.717) is 4.34 Å². The van der Waals surface area contributed by atoms with Crippen LogP contribution < -0.4 is 16.6 Å². The second-order valence-corrected chi connectivity index (χ2v) is 7.54. The number of aromatic nitrogens is 4. The minimum Gasteiger partial charge on any atom is -0.311 e. The van der Waals surface area contributed by atoms with Gasteiger partial charge in [0, 0.05) is 25.7 Å². The van der Waals surface area contributed by atoms with E-state index in [2.05, 4.69) is 15.5 Å². The first-order valence-electron chi connectivity index (χ1n) is 7.54. The number of anilines is 1. The van der Waals surface area contributed by atoms with Crippen molar-refractivity contribution < 1.29 is 4.79 Å². The number of carbonyl (C=O) groups is 1. The van der Waals surface area contributed by atoms with Gasteiger partial charge in [-0.15, -0.1) is 10.2 Å². The van der Waals surface area contributed by atoms with E-state index in [1.165, 1.54) is 47.8 Å². The van der Waals surface area contributed by atoms with Crippen molar-refractivity contribution in [3.05, 3.63) is 57.2 Å². The van der Waals surface area contributed by atoms with Crippen molar-refractivity contribution in [3.8, 4) is 10.6 Å². The normalized spacial score (nSPS) is 10.7. The number of benzene rings is 1. The Balaban J connectivity index is 1.65. The lowest BCUT2D eigenvalue weighted by atomic mass is 10.2. The summed E-state index contributed by atoms with van der Waals surface area (Å²) in [6, 6.07) is 10.9. The molecule has 0 atom stereocenters. The zero-order valence-corrected chi connectivity index (χ0v) is 15.6. The topological polar surface area (TPSA) is 98.9 Å². The first kappa shape index (κ1) is 18.1. The number of hydrogen-bond donors (Lipinski definition) is 1. The molecule has 0 unspecified atom stereocenters. The van der Waals surface area contributed by atoms with E-state index in [4.69, 9.17) is 0 Å². The van der Waals surface area contributed by atoms with Gasteiger partial charge in [-0.05, 0) is 0 Å². The van der Waals surface area contributed by atoms with E-state index >= 15 is 0 Å². The standard InChI is InChI=1S/C16H15N5O3S2/c1-20-11(8-13(23)21(2)16(20)24)17-12(22)9-25-15-19-18-14(26-15)10-6-4-3-5-7-10/h3-8H,9H2,1-2H3,(H,17,22). The Bertz CT molecular complexity index is 1060. The quantitative estimate of drug-likeness (QED) is 0.661. The Kier molecular flexibility index (Phi) is 5.33. The third-order valence-corrected chi connectivity index (χ3v) is 5.65. The van der Waals surface area contributed by atoms with Crippen LogP contribution >= 0.6 is 23.1 Å². The van der Waals surface area contributed by atoms with E-state index < -0.39 is 11.2 Å². The van der Waals surface area contributed by atoms with Crippen LogP contribution in [-0.2, 0) is 18.9 Å². The summed E-state index contributed by atoms with van der Waals surface area (Å²) in [6.45, 7) is 0. The molecule has 0 aliphatic carbocycles. The fraction of sp³-hybridized carbons (Fsp3) is 0.188. The van der Waals surface area contributed by atoms with E-state index in [1.807, 2.05) is 30.3 Å².